The quantitative estimate of drug-likeness (QED) is 0.834. The molecule has 0 spiro atoms. The molecule has 94 valence electrons. The topological polar surface area (TPSA) is 43.8 Å². The number of benzene rings is 1. The van der Waals surface area contributed by atoms with E-state index in [0.29, 0.717) is 0 Å². The summed E-state index contributed by atoms with van der Waals surface area (Å²) in [6.07, 6.45) is 5.25. The second kappa shape index (κ2) is 4.25. The summed E-state index contributed by atoms with van der Waals surface area (Å²) < 4.78 is 2.06. The third kappa shape index (κ3) is 1.85. The summed E-state index contributed by atoms with van der Waals surface area (Å²) >= 11 is 0. The highest BCUT2D eigenvalue weighted by atomic mass is 15.3. The zero-order chi connectivity index (χ0) is 12.7. The molecule has 1 aliphatic carbocycles. The van der Waals surface area contributed by atoms with E-state index in [-0.39, 0.29) is 6.04 Å². The fourth-order valence-electron chi connectivity index (χ4n) is 2.89. The molecule has 1 unspecified atom stereocenters. The minimum atomic E-state index is 0.161. The van der Waals surface area contributed by atoms with E-state index in [2.05, 4.69) is 41.8 Å². The summed E-state index contributed by atoms with van der Waals surface area (Å²) in [6, 6.07) is 6.71. The van der Waals surface area contributed by atoms with Gasteiger partial charge in [0.15, 0.2) is 0 Å². The first-order chi connectivity index (χ1) is 8.65. The highest BCUT2D eigenvalue weighted by Crippen LogP contribution is 2.29. The molecule has 3 heteroatoms. The Morgan fingerprint density at radius 2 is 1.94 bits per heavy atom. The number of fused-ring (bicyclic) bond motifs is 1. The Hall–Kier alpha value is -1.61. The molecule has 2 aromatic rings. The van der Waals surface area contributed by atoms with Crippen molar-refractivity contribution in [1.29, 1.82) is 0 Å². The highest BCUT2D eigenvalue weighted by molar-refractivity contribution is 5.42. The first-order valence-electron chi connectivity index (χ1n) is 6.56. The maximum atomic E-state index is 6.14. The fourth-order valence-corrected chi connectivity index (χ4v) is 2.89. The number of hydrogen-bond donors (Lipinski definition) is 1. The molecule has 1 aromatic carbocycles. The van der Waals surface area contributed by atoms with Crippen molar-refractivity contribution in [2.75, 3.05) is 0 Å². The Balaban J connectivity index is 2.12. The minimum Gasteiger partial charge on any atom is -0.324 e. The van der Waals surface area contributed by atoms with Crippen LogP contribution in [0.25, 0.3) is 5.69 Å². The lowest BCUT2D eigenvalue weighted by Crippen LogP contribution is -2.18. The number of nitrogens with zero attached hydrogens (tertiary/aromatic N) is 2. The maximum absolute atomic E-state index is 6.14. The van der Waals surface area contributed by atoms with Crippen LogP contribution >= 0.6 is 0 Å². The van der Waals surface area contributed by atoms with E-state index in [1.54, 1.807) is 0 Å². The van der Waals surface area contributed by atoms with E-state index in [1.807, 2.05) is 6.20 Å². The molecule has 3 nitrogen and oxygen atoms in total. The average molecular weight is 241 g/mol. The Labute approximate surface area is 108 Å². The number of hydrogen-bond acceptors (Lipinski definition) is 2. The van der Waals surface area contributed by atoms with Gasteiger partial charge in [-0.1, -0.05) is 6.07 Å². The van der Waals surface area contributed by atoms with Gasteiger partial charge in [0.1, 0.15) is 0 Å². The first kappa shape index (κ1) is 11.5. The lowest BCUT2D eigenvalue weighted by molar-refractivity contribution is 0.558. The zero-order valence-corrected chi connectivity index (χ0v) is 11.0. The van der Waals surface area contributed by atoms with Crippen molar-refractivity contribution >= 4 is 0 Å². The molecule has 1 heterocycles. The number of rotatable bonds is 1. The van der Waals surface area contributed by atoms with Crippen LogP contribution in [0.2, 0.25) is 0 Å². The Bertz CT molecular complexity index is 563. The lowest BCUT2D eigenvalue weighted by Gasteiger charge is -2.19. The number of aryl methyl sites for hydroxylation is 2. The van der Waals surface area contributed by atoms with Gasteiger partial charge in [-0.05, 0) is 56.4 Å². The first-order valence-corrected chi connectivity index (χ1v) is 6.56. The molecule has 0 saturated heterocycles. The van der Waals surface area contributed by atoms with Gasteiger partial charge in [-0.3, -0.25) is 0 Å². The van der Waals surface area contributed by atoms with Crippen LogP contribution in [-0.4, -0.2) is 9.78 Å². The van der Waals surface area contributed by atoms with E-state index >= 15 is 0 Å². The van der Waals surface area contributed by atoms with E-state index in [4.69, 9.17) is 5.73 Å². The molecule has 1 aliphatic rings. The summed E-state index contributed by atoms with van der Waals surface area (Å²) in [5.74, 6) is 0. The zero-order valence-electron chi connectivity index (χ0n) is 11.0. The molecule has 0 fully saturated rings. The Morgan fingerprint density at radius 1 is 1.22 bits per heavy atom. The van der Waals surface area contributed by atoms with Gasteiger partial charge in [0, 0.05) is 17.3 Å². The van der Waals surface area contributed by atoms with Crippen LogP contribution < -0.4 is 5.73 Å². The van der Waals surface area contributed by atoms with Crippen molar-refractivity contribution < 1.29 is 0 Å². The van der Waals surface area contributed by atoms with E-state index in [1.165, 1.54) is 22.4 Å². The maximum Gasteiger partial charge on any atom is 0.0654 e. The second-order valence-electron chi connectivity index (χ2n) is 5.30. The molecule has 0 bridgehead atoms. The second-order valence-corrected chi connectivity index (χ2v) is 5.30. The molecule has 0 saturated carbocycles. The van der Waals surface area contributed by atoms with Crippen LogP contribution in [0.1, 0.15) is 41.3 Å². The average Bonchev–Trinajstić information content (AvgIpc) is 2.73. The molecule has 2 N–H and O–H groups in total. The van der Waals surface area contributed by atoms with E-state index in [0.717, 1.165) is 24.9 Å². The molecule has 1 aromatic heterocycles. The SMILES string of the molecule is Cc1cc(C)cc(-n2ncc3c2CCCC3N)c1. The van der Waals surface area contributed by atoms with Crippen molar-refractivity contribution in [2.45, 2.75) is 39.2 Å². The molecule has 3 rings (SSSR count). The molecule has 1 atom stereocenters. The smallest absolute Gasteiger partial charge is 0.0654 e. The lowest BCUT2D eigenvalue weighted by atomic mass is 9.94. The van der Waals surface area contributed by atoms with Crippen LogP contribution in [-0.2, 0) is 6.42 Å². The highest BCUT2D eigenvalue weighted by Gasteiger charge is 2.21. The molecule has 0 amide bonds. The summed E-state index contributed by atoms with van der Waals surface area (Å²) in [6.45, 7) is 4.25. The monoisotopic (exact) mass is 241 g/mol. The standard InChI is InChI=1S/C15H19N3/c1-10-6-11(2)8-12(7-10)18-15-5-3-4-14(16)13(15)9-17-18/h6-9,14H,3-5,16H2,1-2H3. The number of nitrogens with two attached hydrogens (primary N) is 1. The Morgan fingerprint density at radius 3 is 2.67 bits per heavy atom. The third-order valence-corrected chi connectivity index (χ3v) is 3.68. The van der Waals surface area contributed by atoms with Crippen LogP contribution in [0, 0.1) is 13.8 Å². The predicted octanol–water partition coefficient (Wildman–Crippen LogP) is 2.83. The summed E-state index contributed by atoms with van der Waals surface area (Å²) in [5, 5.41) is 4.54. The summed E-state index contributed by atoms with van der Waals surface area (Å²) in [7, 11) is 0. The third-order valence-electron chi connectivity index (χ3n) is 3.68. The van der Waals surface area contributed by atoms with Crippen molar-refractivity contribution in [1.82, 2.24) is 9.78 Å². The normalized spacial score (nSPS) is 18.7. The molecule has 18 heavy (non-hydrogen) atoms. The van der Waals surface area contributed by atoms with Crippen molar-refractivity contribution in [3.63, 3.8) is 0 Å². The van der Waals surface area contributed by atoms with Crippen molar-refractivity contribution in [3.05, 3.63) is 46.8 Å². The predicted molar refractivity (Wildman–Crippen MR) is 72.9 cm³/mol. The van der Waals surface area contributed by atoms with E-state index < -0.39 is 0 Å². The van der Waals surface area contributed by atoms with Gasteiger partial charge in [-0.2, -0.15) is 5.10 Å². The van der Waals surface area contributed by atoms with Crippen molar-refractivity contribution in [3.8, 4) is 5.69 Å². The molecule has 0 radical (unpaired) electrons. The minimum absolute atomic E-state index is 0.161. The van der Waals surface area contributed by atoms with Gasteiger partial charge in [-0.25, -0.2) is 4.68 Å². The van der Waals surface area contributed by atoms with Gasteiger partial charge in [0.05, 0.1) is 11.9 Å². The number of aromatic nitrogens is 2. The van der Waals surface area contributed by atoms with E-state index in [9.17, 15) is 0 Å². The fraction of sp³-hybridized carbons (Fsp3) is 0.400. The van der Waals surface area contributed by atoms with Gasteiger partial charge >= 0.3 is 0 Å². The summed E-state index contributed by atoms with van der Waals surface area (Å²) in [4.78, 5) is 0. The molecular weight excluding hydrogens is 222 g/mol. The van der Waals surface area contributed by atoms with Gasteiger partial charge < -0.3 is 5.73 Å². The summed E-state index contributed by atoms with van der Waals surface area (Å²) in [5.41, 5.74) is 12.4. The van der Waals surface area contributed by atoms with Gasteiger partial charge in [-0.15, -0.1) is 0 Å². The molecule has 0 aliphatic heterocycles. The van der Waals surface area contributed by atoms with Gasteiger partial charge in [0.25, 0.3) is 0 Å². The van der Waals surface area contributed by atoms with Crippen LogP contribution in [0.15, 0.2) is 24.4 Å². The van der Waals surface area contributed by atoms with Crippen LogP contribution in [0.5, 0.6) is 0 Å². The largest absolute Gasteiger partial charge is 0.324 e. The van der Waals surface area contributed by atoms with Crippen LogP contribution in [0.4, 0.5) is 0 Å². The Kier molecular flexibility index (Phi) is 2.71. The van der Waals surface area contributed by atoms with Gasteiger partial charge in [0.2, 0.25) is 0 Å². The van der Waals surface area contributed by atoms with Crippen molar-refractivity contribution in [2.24, 2.45) is 5.73 Å². The molecular formula is C15H19N3. The van der Waals surface area contributed by atoms with Crippen LogP contribution in [0.3, 0.4) is 0 Å².